The molecule has 4 heteroatoms. The molecule has 86 valence electrons. The van der Waals surface area contributed by atoms with Crippen LogP contribution in [0.2, 0.25) is 5.02 Å². The van der Waals surface area contributed by atoms with Crippen LogP contribution in [-0.4, -0.2) is 16.1 Å². The summed E-state index contributed by atoms with van der Waals surface area (Å²) in [5.74, 6) is -0.0192. The van der Waals surface area contributed by atoms with Gasteiger partial charge in [0, 0.05) is 17.2 Å². The molecule has 0 atom stereocenters. The monoisotopic (exact) mass is 247 g/mol. The van der Waals surface area contributed by atoms with Crippen LogP contribution < -0.4 is 0 Å². The Morgan fingerprint density at radius 2 is 1.82 bits per heavy atom. The molecule has 0 spiro atoms. The third-order valence-corrected chi connectivity index (χ3v) is 2.49. The Morgan fingerprint density at radius 3 is 2.47 bits per heavy atom. The van der Waals surface area contributed by atoms with Gasteiger partial charge in [0.25, 0.3) is 0 Å². The number of nitrogens with zero attached hydrogens (tertiary/aromatic N) is 1. The molecule has 2 aromatic rings. The van der Waals surface area contributed by atoms with Crippen molar-refractivity contribution in [2.75, 3.05) is 0 Å². The van der Waals surface area contributed by atoms with E-state index in [1.54, 1.807) is 36.4 Å². The Labute approximate surface area is 104 Å². The first-order chi connectivity index (χ1) is 8.16. The lowest BCUT2D eigenvalue weighted by molar-refractivity contribution is -0.354. The first-order valence-electron chi connectivity index (χ1n) is 5.01. The lowest BCUT2D eigenvalue weighted by Gasteiger charge is -2.03. The van der Waals surface area contributed by atoms with E-state index in [9.17, 15) is 10.3 Å². The van der Waals surface area contributed by atoms with Crippen LogP contribution in [0.25, 0.3) is 0 Å². The van der Waals surface area contributed by atoms with Gasteiger partial charge in [-0.1, -0.05) is 29.8 Å². The third-order valence-electron chi connectivity index (χ3n) is 2.26. The predicted octanol–water partition coefficient (Wildman–Crippen LogP) is 3.31. The van der Waals surface area contributed by atoms with Crippen LogP contribution >= 0.6 is 11.6 Å². The van der Waals surface area contributed by atoms with Crippen molar-refractivity contribution in [1.82, 2.24) is 0 Å². The van der Waals surface area contributed by atoms with E-state index in [2.05, 4.69) is 0 Å². The summed E-state index contributed by atoms with van der Waals surface area (Å²) >= 11 is 5.70. The fraction of sp³-hybridized carbons (Fsp3) is 0. The summed E-state index contributed by atoms with van der Waals surface area (Å²) in [6.45, 7) is 0. The third kappa shape index (κ3) is 2.77. The molecule has 0 aliphatic rings. The minimum Gasteiger partial charge on any atom is -0.618 e. The zero-order valence-electron chi connectivity index (χ0n) is 8.88. The van der Waals surface area contributed by atoms with Gasteiger partial charge in [0.2, 0.25) is 5.69 Å². The van der Waals surface area contributed by atoms with Gasteiger partial charge in [-0.15, -0.1) is 0 Å². The fourth-order valence-electron chi connectivity index (χ4n) is 1.40. The molecule has 2 rings (SSSR count). The minimum absolute atomic E-state index is 0.0192. The molecule has 0 bridgehead atoms. The molecule has 0 saturated carbocycles. The van der Waals surface area contributed by atoms with Gasteiger partial charge in [0.15, 0.2) is 6.21 Å². The van der Waals surface area contributed by atoms with E-state index in [0.717, 1.165) is 0 Å². The maximum atomic E-state index is 11.8. The van der Waals surface area contributed by atoms with Gasteiger partial charge in [0.05, 0.1) is 5.56 Å². The second kappa shape index (κ2) is 4.89. The highest BCUT2D eigenvalue weighted by Gasteiger charge is 2.05. The van der Waals surface area contributed by atoms with Gasteiger partial charge in [-0.05, 0) is 18.2 Å². The molecular weight excluding hydrogens is 238 g/mol. The van der Waals surface area contributed by atoms with E-state index in [4.69, 9.17) is 11.6 Å². The van der Waals surface area contributed by atoms with E-state index in [1.807, 2.05) is 6.07 Å². The zero-order valence-corrected chi connectivity index (χ0v) is 9.63. The molecule has 0 heterocycles. The summed E-state index contributed by atoms with van der Waals surface area (Å²) in [6.07, 6.45) is 1.31. The largest absolute Gasteiger partial charge is 0.618 e. The Bertz CT molecular complexity index is 553. The van der Waals surface area contributed by atoms with E-state index in [-0.39, 0.29) is 5.75 Å². The van der Waals surface area contributed by atoms with Gasteiger partial charge >= 0.3 is 0 Å². The van der Waals surface area contributed by atoms with Crippen LogP contribution in [0.1, 0.15) is 5.56 Å². The van der Waals surface area contributed by atoms with E-state index in [1.165, 1.54) is 12.3 Å². The normalized spacial score (nSPS) is 11.5. The molecule has 17 heavy (non-hydrogen) atoms. The highest BCUT2D eigenvalue weighted by atomic mass is 35.5. The van der Waals surface area contributed by atoms with Crippen LogP contribution in [0.4, 0.5) is 5.69 Å². The van der Waals surface area contributed by atoms with Gasteiger partial charge in [-0.25, -0.2) is 0 Å². The number of hydrogen-bond donors (Lipinski definition) is 1. The topological polar surface area (TPSA) is 46.3 Å². The number of rotatable bonds is 2. The zero-order chi connectivity index (χ0) is 12.3. The lowest BCUT2D eigenvalue weighted by Crippen LogP contribution is -1.98. The summed E-state index contributed by atoms with van der Waals surface area (Å²) < 4.78 is 0.697. The van der Waals surface area contributed by atoms with Crippen molar-refractivity contribution in [2.45, 2.75) is 0 Å². The van der Waals surface area contributed by atoms with Crippen LogP contribution in [-0.2, 0) is 0 Å². The molecule has 0 radical (unpaired) electrons. The SMILES string of the molecule is [O-]/[N+](=C\c1ccc(Cl)cc1O)c1ccccc1. The van der Waals surface area contributed by atoms with Crippen molar-refractivity contribution < 1.29 is 9.85 Å². The minimum atomic E-state index is -0.0192. The number of benzene rings is 2. The van der Waals surface area contributed by atoms with Gasteiger partial charge < -0.3 is 10.3 Å². The second-order valence-corrected chi connectivity index (χ2v) is 3.93. The molecule has 3 nitrogen and oxygen atoms in total. The highest BCUT2D eigenvalue weighted by Crippen LogP contribution is 2.21. The summed E-state index contributed by atoms with van der Waals surface area (Å²) in [4.78, 5) is 0. The number of phenols is 1. The van der Waals surface area contributed by atoms with Crippen molar-refractivity contribution in [1.29, 1.82) is 0 Å². The van der Waals surface area contributed by atoms with Crippen LogP contribution in [0, 0.1) is 5.21 Å². The van der Waals surface area contributed by atoms with Crippen molar-refractivity contribution in [3.63, 3.8) is 0 Å². The molecule has 2 aromatic carbocycles. The van der Waals surface area contributed by atoms with Crippen LogP contribution in [0.3, 0.4) is 0 Å². The molecule has 0 saturated heterocycles. The lowest BCUT2D eigenvalue weighted by atomic mass is 10.2. The average Bonchev–Trinajstić information content (AvgIpc) is 2.34. The first-order valence-corrected chi connectivity index (χ1v) is 5.39. The predicted molar refractivity (Wildman–Crippen MR) is 68.0 cm³/mol. The van der Waals surface area contributed by atoms with E-state index >= 15 is 0 Å². The van der Waals surface area contributed by atoms with Gasteiger partial charge in [-0.2, -0.15) is 4.74 Å². The first kappa shape index (κ1) is 11.5. The maximum Gasteiger partial charge on any atom is 0.216 e. The Hall–Kier alpha value is -2.00. The summed E-state index contributed by atoms with van der Waals surface area (Å²) in [6, 6.07) is 13.4. The molecular formula is C13H10ClNO2. The molecule has 1 N–H and O–H groups in total. The van der Waals surface area contributed by atoms with E-state index < -0.39 is 0 Å². The molecule has 0 amide bonds. The maximum absolute atomic E-state index is 11.8. The smallest absolute Gasteiger partial charge is 0.216 e. The number of hydrogen-bond acceptors (Lipinski definition) is 2. The van der Waals surface area contributed by atoms with Crippen LogP contribution in [0.5, 0.6) is 5.75 Å². The van der Waals surface area contributed by atoms with Crippen molar-refractivity contribution in [3.05, 3.63) is 64.3 Å². The Morgan fingerprint density at radius 1 is 1.12 bits per heavy atom. The number of halogens is 1. The number of para-hydroxylation sites is 1. The van der Waals surface area contributed by atoms with Crippen molar-refractivity contribution in [3.8, 4) is 5.75 Å². The van der Waals surface area contributed by atoms with Crippen molar-refractivity contribution in [2.24, 2.45) is 0 Å². The quantitative estimate of drug-likeness (QED) is 0.383. The number of phenolic OH excluding ortho intramolecular Hbond substituents is 1. The molecule has 0 aliphatic heterocycles. The van der Waals surface area contributed by atoms with Gasteiger partial charge in [0.1, 0.15) is 5.75 Å². The molecule has 0 unspecified atom stereocenters. The fourth-order valence-corrected chi connectivity index (χ4v) is 1.57. The Kier molecular flexibility index (Phi) is 3.30. The van der Waals surface area contributed by atoms with Crippen LogP contribution in [0.15, 0.2) is 48.5 Å². The van der Waals surface area contributed by atoms with E-state index in [0.29, 0.717) is 21.0 Å². The van der Waals surface area contributed by atoms with Crippen molar-refractivity contribution >= 4 is 23.5 Å². The summed E-state index contributed by atoms with van der Waals surface area (Å²) in [5, 5.41) is 21.8. The second-order valence-electron chi connectivity index (χ2n) is 3.49. The van der Waals surface area contributed by atoms with Gasteiger partial charge in [-0.3, -0.25) is 0 Å². The highest BCUT2D eigenvalue weighted by molar-refractivity contribution is 6.30. The number of aromatic hydroxyl groups is 1. The molecule has 0 aliphatic carbocycles. The Balaban J connectivity index is 2.36. The summed E-state index contributed by atoms with van der Waals surface area (Å²) in [7, 11) is 0. The summed E-state index contributed by atoms with van der Waals surface area (Å²) in [5.41, 5.74) is 0.926. The average molecular weight is 248 g/mol. The molecule has 0 fully saturated rings. The molecule has 0 aromatic heterocycles. The standard InChI is InChI=1S/C13H10ClNO2/c14-11-7-6-10(13(16)8-11)9-15(17)12-4-2-1-3-5-12/h1-9,16H/b15-9-.